The maximum absolute atomic E-state index is 12.3. The second kappa shape index (κ2) is 6.36. The topological polar surface area (TPSA) is 75.4 Å². The van der Waals surface area contributed by atoms with E-state index in [4.69, 9.17) is 5.73 Å². The molecule has 21 heavy (non-hydrogen) atoms. The Labute approximate surface area is 134 Å². The summed E-state index contributed by atoms with van der Waals surface area (Å²) in [5, 5.41) is 13.4. The molecule has 2 rings (SSSR count). The Morgan fingerprint density at radius 2 is 2.29 bits per heavy atom. The number of halogens is 1. The minimum atomic E-state index is -0.779. The Hall–Kier alpha value is -1.07. The highest BCUT2D eigenvalue weighted by Crippen LogP contribution is 2.31. The summed E-state index contributed by atoms with van der Waals surface area (Å²) in [5.41, 5.74) is 7.00. The summed E-state index contributed by atoms with van der Waals surface area (Å²) in [4.78, 5) is 12.3. The van der Waals surface area contributed by atoms with Gasteiger partial charge in [-0.1, -0.05) is 35.7 Å². The van der Waals surface area contributed by atoms with Crippen molar-refractivity contribution >= 4 is 27.5 Å². The average molecular weight is 355 g/mol. The van der Waals surface area contributed by atoms with Gasteiger partial charge in [-0.15, -0.1) is 0 Å². The molecule has 1 amide bonds. The van der Waals surface area contributed by atoms with Crippen LogP contribution in [-0.2, 0) is 0 Å². The quantitative estimate of drug-likeness (QED) is 0.730. The smallest absolute Gasteiger partial charge is 0.251 e. The van der Waals surface area contributed by atoms with E-state index in [1.165, 1.54) is 0 Å². The molecule has 0 saturated heterocycles. The molecule has 1 fully saturated rings. The van der Waals surface area contributed by atoms with Crippen LogP contribution in [0, 0.1) is 12.8 Å². The van der Waals surface area contributed by atoms with E-state index in [0.717, 1.165) is 35.7 Å². The Kier molecular flexibility index (Phi) is 4.94. The Morgan fingerprint density at radius 3 is 2.95 bits per heavy atom. The molecule has 0 spiro atoms. The van der Waals surface area contributed by atoms with Gasteiger partial charge in [0.1, 0.15) is 0 Å². The van der Waals surface area contributed by atoms with Crippen LogP contribution in [0.3, 0.4) is 0 Å². The Balaban J connectivity index is 2.05. The van der Waals surface area contributed by atoms with Crippen LogP contribution in [0.5, 0.6) is 0 Å². The van der Waals surface area contributed by atoms with E-state index in [2.05, 4.69) is 28.2 Å². The fraction of sp³-hybridized carbons (Fsp3) is 0.562. The molecule has 1 aliphatic rings. The zero-order valence-electron chi connectivity index (χ0n) is 12.6. The van der Waals surface area contributed by atoms with E-state index in [-0.39, 0.29) is 5.91 Å². The van der Waals surface area contributed by atoms with E-state index >= 15 is 0 Å². The third kappa shape index (κ3) is 3.98. The predicted octanol–water partition coefficient (Wildman–Crippen LogP) is 3.01. The summed E-state index contributed by atoms with van der Waals surface area (Å²) in [5.74, 6) is 0.316. The van der Waals surface area contributed by atoms with Gasteiger partial charge in [0, 0.05) is 22.3 Å². The molecule has 4 N–H and O–H groups in total. The molecule has 1 aromatic carbocycles. The number of hydrogen-bond donors (Lipinski definition) is 3. The van der Waals surface area contributed by atoms with Crippen molar-refractivity contribution in [2.24, 2.45) is 5.92 Å². The first kappa shape index (κ1) is 16.3. The number of nitrogens with one attached hydrogen (secondary N) is 1. The van der Waals surface area contributed by atoms with Gasteiger partial charge in [0.25, 0.3) is 5.91 Å². The highest BCUT2D eigenvalue weighted by atomic mass is 79.9. The van der Waals surface area contributed by atoms with Gasteiger partial charge in [0.15, 0.2) is 0 Å². The molecule has 116 valence electrons. The van der Waals surface area contributed by atoms with Crippen LogP contribution in [0.4, 0.5) is 5.69 Å². The summed E-state index contributed by atoms with van der Waals surface area (Å²) in [6, 6.07) is 3.54. The first-order valence-electron chi connectivity index (χ1n) is 7.37. The van der Waals surface area contributed by atoms with Gasteiger partial charge in [0.05, 0.1) is 5.60 Å². The second-order valence-electron chi connectivity index (χ2n) is 6.28. The number of hydrogen-bond acceptors (Lipinski definition) is 3. The molecule has 1 aromatic rings. The predicted molar refractivity (Wildman–Crippen MR) is 88.2 cm³/mol. The largest absolute Gasteiger partial charge is 0.398 e. The lowest BCUT2D eigenvalue weighted by atomic mass is 9.79. The third-order valence-electron chi connectivity index (χ3n) is 4.30. The molecular weight excluding hydrogens is 332 g/mol. The van der Waals surface area contributed by atoms with E-state index in [9.17, 15) is 9.90 Å². The molecule has 1 aliphatic carbocycles. The Bertz CT molecular complexity index is 547. The zero-order chi connectivity index (χ0) is 15.6. The van der Waals surface area contributed by atoms with Crippen molar-refractivity contribution < 1.29 is 9.90 Å². The van der Waals surface area contributed by atoms with Crippen LogP contribution in [0.1, 0.15) is 48.5 Å². The van der Waals surface area contributed by atoms with Crippen molar-refractivity contribution in [2.45, 2.75) is 45.1 Å². The molecule has 4 nitrogen and oxygen atoms in total. The molecule has 1 saturated carbocycles. The lowest BCUT2D eigenvalue weighted by Gasteiger charge is -2.35. The number of anilines is 1. The molecule has 0 aliphatic heterocycles. The lowest BCUT2D eigenvalue weighted by molar-refractivity contribution is -0.0109. The molecule has 0 radical (unpaired) electrons. The van der Waals surface area contributed by atoms with Gasteiger partial charge in [-0.3, -0.25) is 4.79 Å². The number of rotatable bonds is 3. The van der Waals surface area contributed by atoms with Crippen molar-refractivity contribution in [3.05, 3.63) is 27.7 Å². The van der Waals surface area contributed by atoms with Crippen molar-refractivity contribution in [2.75, 3.05) is 12.3 Å². The van der Waals surface area contributed by atoms with E-state index in [1.807, 2.05) is 6.92 Å². The van der Waals surface area contributed by atoms with Gasteiger partial charge in [-0.2, -0.15) is 0 Å². The maximum atomic E-state index is 12.3. The molecule has 5 heteroatoms. The summed E-state index contributed by atoms with van der Waals surface area (Å²) in [6.45, 7) is 4.27. The van der Waals surface area contributed by atoms with Gasteiger partial charge >= 0.3 is 0 Å². The monoisotopic (exact) mass is 354 g/mol. The fourth-order valence-electron chi connectivity index (χ4n) is 3.07. The van der Waals surface area contributed by atoms with Crippen LogP contribution in [0.15, 0.2) is 16.6 Å². The molecule has 0 heterocycles. The van der Waals surface area contributed by atoms with E-state index in [0.29, 0.717) is 23.7 Å². The molecule has 0 bridgehead atoms. The summed E-state index contributed by atoms with van der Waals surface area (Å²) >= 11 is 3.35. The SMILES string of the molecule is Cc1c(N)cc(Br)cc1C(=O)NCC1(O)CCCC(C)C1. The zero-order valence-corrected chi connectivity index (χ0v) is 14.2. The number of aliphatic hydroxyl groups is 1. The minimum Gasteiger partial charge on any atom is -0.398 e. The van der Waals surface area contributed by atoms with Crippen LogP contribution < -0.4 is 11.1 Å². The molecule has 2 atom stereocenters. The average Bonchev–Trinajstić information content (AvgIpc) is 2.40. The van der Waals surface area contributed by atoms with Crippen molar-refractivity contribution in [3.63, 3.8) is 0 Å². The Morgan fingerprint density at radius 1 is 1.57 bits per heavy atom. The summed E-state index contributed by atoms with van der Waals surface area (Å²) in [6.07, 6.45) is 3.65. The number of amides is 1. The van der Waals surface area contributed by atoms with Gasteiger partial charge in [-0.05, 0) is 43.4 Å². The first-order valence-corrected chi connectivity index (χ1v) is 8.16. The molecular formula is C16H23BrN2O2. The summed E-state index contributed by atoms with van der Waals surface area (Å²) < 4.78 is 0.778. The lowest BCUT2D eigenvalue weighted by Crippen LogP contribution is -2.45. The maximum Gasteiger partial charge on any atom is 0.251 e. The van der Waals surface area contributed by atoms with Crippen LogP contribution in [0.2, 0.25) is 0 Å². The number of nitrogens with two attached hydrogens (primary N) is 1. The number of nitrogen functional groups attached to an aromatic ring is 1. The minimum absolute atomic E-state index is 0.188. The van der Waals surface area contributed by atoms with Crippen molar-refractivity contribution in [3.8, 4) is 0 Å². The van der Waals surface area contributed by atoms with Gasteiger partial charge < -0.3 is 16.2 Å². The highest BCUT2D eigenvalue weighted by molar-refractivity contribution is 9.10. The van der Waals surface area contributed by atoms with Crippen LogP contribution in [-0.4, -0.2) is 23.2 Å². The first-order chi connectivity index (χ1) is 9.81. The number of carbonyl (C=O) groups excluding carboxylic acids is 1. The fourth-order valence-corrected chi connectivity index (χ4v) is 3.54. The van der Waals surface area contributed by atoms with Crippen molar-refractivity contribution in [1.29, 1.82) is 0 Å². The summed E-state index contributed by atoms with van der Waals surface area (Å²) in [7, 11) is 0. The van der Waals surface area contributed by atoms with Gasteiger partial charge in [-0.25, -0.2) is 0 Å². The standard InChI is InChI=1S/C16H23BrN2O2/c1-10-4-3-5-16(21,8-10)9-19-15(20)13-6-12(17)7-14(18)11(13)2/h6-7,10,21H,3-5,8-9,18H2,1-2H3,(H,19,20). The molecule has 2 unspecified atom stereocenters. The number of carbonyl (C=O) groups is 1. The van der Waals surface area contributed by atoms with E-state index < -0.39 is 5.60 Å². The highest BCUT2D eigenvalue weighted by Gasteiger charge is 2.33. The molecule has 0 aromatic heterocycles. The third-order valence-corrected chi connectivity index (χ3v) is 4.76. The van der Waals surface area contributed by atoms with E-state index in [1.54, 1.807) is 12.1 Å². The van der Waals surface area contributed by atoms with Gasteiger partial charge in [0.2, 0.25) is 0 Å². The van der Waals surface area contributed by atoms with Crippen LogP contribution >= 0.6 is 15.9 Å². The van der Waals surface area contributed by atoms with Crippen LogP contribution in [0.25, 0.3) is 0 Å². The normalized spacial score (nSPS) is 25.6. The second-order valence-corrected chi connectivity index (χ2v) is 7.19. The number of benzene rings is 1. The van der Waals surface area contributed by atoms with Crippen molar-refractivity contribution in [1.82, 2.24) is 5.32 Å².